The summed E-state index contributed by atoms with van der Waals surface area (Å²) in [6.45, 7) is 9.79. The monoisotopic (exact) mass is 297 g/mol. The lowest BCUT2D eigenvalue weighted by Gasteiger charge is -2.52. The van der Waals surface area contributed by atoms with Gasteiger partial charge in [-0.2, -0.15) is 0 Å². The second-order valence-electron chi connectivity index (χ2n) is 6.94. The molecule has 0 aliphatic heterocycles. The molecular weight excluding hydrogens is 272 g/mol. The summed E-state index contributed by atoms with van der Waals surface area (Å²) in [7, 11) is 0. The van der Waals surface area contributed by atoms with E-state index in [0.717, 1.165) is 19.1 Å². The molecule has 0 heterocycles. The lowest BCUT2D eigenvalue weighted by atomic mass is 9.64. The van der Waals surface area contributed by atoms with E-state index in [1.165, 1.54) is 12.1 Å². The van der Waals surface area contributed by atoms with Crippen LogP contribution in [-0.2, 0) is 11.3 Å². The molecule has 0 saturated heterocycles. The fraction of sp³-hybridized carbons (Fsp3) is 0.647. The van der Waals surface area contributed by atoms with Gasteiger partial charge >= 0.3 is 0 Å². The van der Waals surface area contributed by atoms with E-state index in [9.17, 15) is 8.78 Å². The molecule has 21 heavy (non-hydrogen) atoms. The first-order valence-corrected chi connectivity index (χ1v) is 7.59. The van der Waals surface area contributed by atoms with Gasteiger partial charge in [0, 0.05) is 36.2 Å². The van der Waals surface area contributed by atoms with Crippen molar-refractivity contribution < 1.29 is 13.5 Å². The molecule has 2 nitrogen and oxygen atoms in total. The smallest absolute Gasteiger partial charge is 0.130 e. The van der Waals surface area contributed by atoms with E-state index >= 15 is 0 Å². The van der Waals surface area contributed by atoms with Crippen LogP contribution in [-0.4, -0.2) is 18.8 Å². The second-order valence-corrected chi connectivity index (χ2v) is 6.94. The molecule has 0 amide bonds. The van der Waals surface area contributed by atoms with E-state index in [1.54, 1.807) is 0 Å². The first kappa shape index (κ1) is 16.4. The quantitative estimate of drug-likeness (QED) is 0.860. The van der Waals surface area contributed by atoms with Crippen LogP contribution >= 0.6 is 0 Å². The van der Waals surface area contributed by atoms with E-state index in [-0.39, 0.29) is 11.5 Å². The average molecular weight is 297 g/mol. The zero-order valence-corrected chi connectivity index (χ0v) is 13.2. The molecule has 0 aromatic heterocycles. The molecule has 1 aliphatic carbocycles. The zero-order valence-electron chi connectivity index (χ0n) is 13.2. The van der Waals surface area contributed by atoms with Gasteiger partial charge in [0.05, 0.1) is 6.10 Å². The summed E-state index contributed by atoms with van der Waals surface area (Å²) >= 11 is 0. The average Bonchev–Trinajstić information content (AvgIpc) is 2.38. The molecule has 0 radical (unpaired) electrons. The van der Waals surface area contributed by atoms with E-state index in [2.05, 4.69) is 33.0 Å². The fourth-order valence-corrected chi connectivity index (χ4v) is 2.72. The first-order chi connectivity index (χ1) is 9.80. The van der Waals surface area contributed by atoms with Gasteiger partial charge in [-0.05, 0) is 18.4 Å². The van der Waals surface area contributed by atoms with Crippen molar-refractivity contribution in [2.75, 3.05) is 6.61 Å². The van der Waals surface area contributed by atoms with Crippen LogP contribution in [0.5, 0.6) is 0 Å². The highest BCUT2D eigenvalue weighted by molar-refractivity contribution is 5.19. The van der Waals surface area contributed by atoms with Crippen LogP contribution in [0.4, 0.5) is 8.78 Å². The Labute approximate surface area is 125 Å². The molecule has 1 aliphatic rings. The minimum atomic E-state index is -0.539. The Morgan fingerprint density at radius 1 is 1.33 bits per heavy atom. The number of benzene rings is 1. The van der Waals surface area contributed by atoms with Crippen LogP contribution in [0.3, 0.4) is 0 Å². The summed E-state index contributed by atoms with van der Waals surface area (Å²) < 4.78 is 32.4. The number of ether oxygens (including phenoxy) is 1. The number of nitrogens with one attached hydrogen (secondary N) is 1. The molecule has 2 unspecified atom stereocenters. The molecule has 0 bridgehead atoms. The molecule has 118 valence electrons. The Morgan fingerprint density at radius 2 is 2.05 bits per heavy atom. The standard InChI is InChI=1S/C17H25F2NO/c1-11(2)10-21-16-8-15(17(16,3)4)20-9-12-5-6-13(18)7-14(12)19/h5-7,11,15-16,20H,8-10H2,1-4H3. The molecule has 1 aromatic rings. The maximum Gasteiger partial charge on any atom is 0.130 e. The fourth-order valence-electron chi connectivity index (χ4n) is 2.72. The molecule has 1 aromatic carbocycles. The maximum atomic E-state index is 13.6. The minimum Gasteiger partial charge on any atom is -0.377 e. The van der Waals surface area contributed by atoms with Gasteiger partial charge in [0.25, 0.3) is 0 Å². The third-order valence-electron chi connectivity index (χ3n) is 4.36. The molecule has 2 atom stereocenters. The van der Waals surface area contributed by atoms with Gasteiger partial charge in [-0.25, -0.2) is 8.78 Å². The summed E-state index contributed by atoms with van der Waals surface area (Å²) in [5.41, 5.74) is 0.532. The predicted octanol–water partition coefficient (Wildman–Crippen LogP) is 3.89. The van der Waals surface area contributed by atoms with Gasteiger partial charge < -0.3 is 10.1 Å². The number of rotatable bonds is 6. The first-order valence-electron chi connectivity index (χ1n) is 7.59. The van der Waals surface area contributed by atoms with Crippen molar-refractivity contribution in [3.05, 3.63) is 35.4 Å². The number of halogens is 2. The highest BCUT2D eigenvalue weighted by atomic mass is 19.1. The van der Waals surface area contributed by atoms with Crippen molar-refractivity contribution in [3.8, 4) is 0 Å². The summed E-state index contributed by atoms with van der Waals surface area (Å²) in [6.07, 6.45) is 1.18. The number of hydrogen-bond donors (Lipinski definition) is 1. The van der Waals surface area contributed by atoms with Crippen LogP contribution in [0.1, 0.15) is 39.7 Å². The molecule has 0 spiro atoms. The van der Waals surface area contributed by atoms with Crippen LogP contribution in [0, 0.1) is 23.0 Å². The van der Waals surface area contributed by atoms with Crippen molar-refractivity contribution in [1.82, 2.24) is 5.32 Å². The van der Waals surface area contributed by atoms with E-state index in [1.807, 2.05) is 0 Å². The van der Waals surface area contributed by atoms with Gasteiger partial charge in [-0.15, -0.1) is 0 Å². The summed E-state index contributed by atoms with van der Waals surface area (Å²) in [4.78, 5) is 0. The zero-order chi connectivity index (χ0) is 15.6. The summed E-state index contributed by atoms with van der Waals surface area (Å²) in [5, 5.41) is 3.36. The van der Waals surface area contributed by atoms with E-state index in [0.29, 0.717) is 24.1 Å². The van der Waals surface area contributed by atoms with Crippen LogP contribution in [0.15, 0.2) is 18.2 Å². The predicted molar refractivity (Wildman–Crippen MR) is 80.0 cm³/mol. The van der Waals surface area contributed by atoms with Gasteiger partial charge in [-0.3, -0.25) is 0 Å². The van der Waals surface area contributed by atoms with Crippen LogP contribution in [0.2, 0.25) is 0 Å². The van der Waals surface area contributed by atoms with Gasteiger partial charge in [0.1, 0.15) is 11.6 Å². The third-order valence-corrected chi connectivity index (χ3v) is 4.36. The molecule has 1 N–H and O–H groups in total. The molecule has 2 rings (SSSR count). The summed E-state index contributed by atoms with van der Waals surface area (Å²) in [6, 6.07) is 4.01. The van der Waals surface area contributed by atoms with Gasteiger partial charge in [0.2, 0.25) is 0 Å². The van der Waals surface area contributed by atoms with Crippen LogP contribution < -0.4 is 5.32 Å². The molecular formula is C17H25F2NO. The van der Waals surface area contributed by atoms with Crippen LogP contribution in [0.25, 0.3) is 0 Å². The topological polar surface area (TPSA) is 21.3 Å². The van der Waals surface area contributed by atoms with E-state index < -0.39 is 11.6 Å². The Morgan fingerprint density at radius 3 is 2.62 bits per heavy atom. The van der Waals surface area contributed by atoms with Crippen molar-refractivity contribution in [2.45, 2.75) is 52.8 Å². The van der Waals surface area contributed by atoms with E-state index in [4.69, 9.17) is 4.74 Å². The Balaban J connectivity index is 1.85. The molecule has 4 heteroatoms. The maximum absolute atomic E-state index is 13.6. The van der Waals surface area contributed by atoms with Gasteiger partial charge in [-0.1, -0.05) is 33.8 Å². The highest BCUT2D eigenvalue weighted by Gasteiger charge is 2.48. The SMILES string of the molecule is CC(C)COC1CC(NCc2ccc(F)cc2F)C1(C)C. The van der Waals surface area contributed by atoms with Gasteiger partial charge in [0.15, 0.2) is 0 Å². The minimum absolute atomic E-state index is 0.0331. The Bertz CT molecular complexity index is 488. The largest absolute Gasteiger partial charge is 0.377 e. The summed E-state index contributed by atoms with van der Waals surface area (Å²) in [5.74, 6) is -0.504. The van der Waals surface area contributed by atoms with Crippen molar-refractivity contribution in [2.24, 2.45) is 11.3 Å². The van der Waals surface area contributed by atoms with Crippen molar-refractivity contribution >= 4 is 0 Å². The number of hydrogen-bond acceptors (Lipinski definition) is 2. The Hall–Kier alpha value is -1.00. The lowest BCUT2D eigenvalue weighted by Crippen LogP contribution is -2.60. The highest BCUT2D eigenvalue weighted by Crippen LogP contribution is 2.43. The van der Waals surface area contributed by atoms with Crippen molar-refractivity contribution in [1.29, 1.82) is 0 Å². The molecule has 1 saturated carbocycles. The normalized spacial score (nSPS) is 24.1. The lowest BCUT2D eigenvalue weighted by molar-refractivity contribution is -0.124. The third kappa shape index (κ3) is 3.80. The molecule has 1 fully saturated rings. The van der Waals surface area contributed by atoms with Crippen molar-refractivity contribution in [3.63, 3.8) is 0 Å². The second kappa shape index (κ2) is 6.41. The Kier molecular flexibility index (Phi) is 4.99.